The maximum absolute atomic E-state index is 12.8. The van der Waals surface area contributed by atoms with Gasteiger partial charge < -0.3 is 15.0 Å². The molecule has 1 heterocycles. The summed E-state index contributed by atoms with van der Waals surface area (Å²) in [7, 11) is 1.65. The molecule has 3 aromatic rings. The van der Waals surface area contributed by atoms with Gasteiger partial charge in [0.15, 0.2) is 0 Å². The average Bonchev–Trinajstić information content (AvgIpc) is 3.18. The van der Waals surface area contributed by atoms with Crippen LogP contribution in [0.3, 0.4) is 0 Å². The molecular weight excluding hydrogens is 376 g/mol. The highest BCUT2D eigenvalue weighted by Gasteiger charge is 2.23. The van der Waals surface area contributed by atoms with Crippen LogP contribution in [0.5, 0.6) is 5.75 Å². The minimum absolute atomic E-state index is 0.0233. The fraction of sp³-hybridized carbons (Fsp3) is 0.200. The van der Waals surface area contributed by atoms with Crippen molar-refractivity contribution in [1.82, 2.24) is 0 Å². The number of amides is 2. The fourth-order valence-corrected chi connectivity index (χ4v) is 3.88. The molecule has 152 valence electrons. The van der Waals surface area contributed by atoms with E-state index in [9.17, 15) is 9.59 Å². The molecule has 3 aromatic carbocycles. The Labute approximate surface area is 176 Å². The van der Waals surface area contributed by atoms with Gasteiger partial charge in [-0.05, 0) is 53.9 Å². The molecule has 0 atom stereocenters. The van der Waals surface area contributed by atoms with E-state index in [0.717, 1.165) is 34.7 Å². The number of benzene rings is 3. The van der Waals surface area contributed by atoms with E-state index in [1.165, 1.54) is 5.56 Å². The molecule has 0 bridgehead atoms. The van der Waals surface area contributed by atoms with Crippen molar-refractivity contribution in [3.63, 3.8) is 0 Å². The van der Waals surface area contributed by atoms with Crippen LogP contribution in [0.1, 0.15) is 34.0 Å². The number of fused-ring (bicyclic) bond motifs is 1. The minimum Gasteiger partial charge on any atom is -0.496 e. The molecule has 5 heteroatoms. The Morgan fingerprint density at radius 1 is 1.03 bits per heavy atom. The first-order valence-electron chi connectivity index (χ1n) is 9.98. The first-order chi connectivity index (χ1) is 14.5. The molecule has 0 aromatic heterocycles. The van der Waals surface area contributed by atoms with E-state index in [4.69, 9.17) is 4.74 Å². The van der Waals surface area contributed by atoms with Crippen molar-refractivity contribution >= 4 is 23.2 Å². The van der Waals surface area contributed by atoms with E-state index >= 15 is 0 Å². The molecule has 0 aliphatic carbocycles. The highest BCUT2D eigenvalue weighted by atomic mass is 16.5. The van der Waals surface area contributed by atoms with Crippen molar-refractivity contribution in [2.45, 2.75) is 19.8 Å². The number of hydrogen-bond acceptors (Lipinski definition) is 3. The normalized spacial score (nSPS) is 12.4. The predicted octanol–water partition coefficient (Wildman–Crippen LogP) is 4.45. The summed E-state index contributed by atoms with van der Waals surface area (Å²) in [5.41, 5.74) is 5.41. The van der Waals surface area contributed by atoms with Gasteiger partial charge in [-0.25, -0.2) is 0 Å². The minimum atomic E-state index is -0.171. The van der Waals surface area contributed by atoms with Gasteiger partial charge in [-0.2, -0.15) is 0 Å². The van der Waals surface area contributed by atoms with Gasteiger partial charge in [0, 0.05) is 42.4 Å². The average molecular weight is 400 g/mol. The van der Waals surface area contributed by atoms with Crippen molar-refractivity contribution in [3.8, 4) is 5.75 Å². The lowest BCUT2D eigenvalue weighted by atomic mass is 10.0. The summed E-state index contributed by atoms with van der Waals surface area (Å²) in [5.74, 6) is 0.642. The van der Waals surface area contributed by atoms with Crippen LogP contribution in [0, 0.1) is 0 Å². The van der Waals surface area contributed by atoms with Gasteiger partial charge in [0.05, 0.1) is 7.11 Å². The maximum atomic E-state index is 12.8. The molecular formula is C25H24N2O3. The van der Waals surface area contributed by atoms with E-state index < -0.39 is 0 Å². The number of ether oxygens (including phenoxy) is 1. The van der Waals surface area contributed by atoms with Crippen molar-refractivity contribution in [2.75, 3.05) is 23.9 Å². The van der Waals surface area contributed by atoms with E-state index in [1.54, 1.807) is 25.0 Å². The van der Waals surface area contributed by atoms with Crippen molar-refractivity contribution in [1.29, 1.82) is 0 Å². The Hall–Kier alpha value is -3.60. The molecule has 1 aliphatic heterocycles. The number of hydrogen-bond donors (Lipinski definition) is 1. The van der Waals surface area contributed by atoms with E-state index in [0.29, 0.717) is 18.5 Å². The lowest BCUT2D eigenvalue weighted by Crippen LogP contribution is -2.25. The topological polar surface area (TPSA) is 58.6 Å². The summed E-state index contributed by atoms with van der Waals surface area (Å²) in [6, 6.07) is 21.3. The Morgan fingerprint density at radius 3 is 2.57 bits per heavy atom. The highest BCUT2D eigenvalue weighted by Crippen LogP contribution is 2.30. The molecule has 0 fully saturated rings. The molecule has 0 saturated carbocycles. The molecule has 0 spiro atoms. The number of anilines is 2. The lowest BCUT2D eigenvalue weighted by Gasteiger charge is -2.15. The molecule has 30 heavy (non-hydrogen) atoms. The summed E-state index contributed by atoms with van der Waals surface area (Å²) in [6.07, 6.45) is 1.48. The molecule has 0 saturated heterocycles. The monoisotopic (exact) mass is 400 g/mol. The summed E-state index contributed by atoms with van der Waals surface area (Å²) in [5, 5.41) is 2.99. The second kappa shape index (κ2) is 8.41. The van der Waals surface area contributed by atoms with Gasteiger partial charge in [0.2, 0.25) is 5.91 Å². The number of methoxy groups -OCH3 is 1. The molecule has 0 radical (unpaired) electrons. The quantitative estimate of drug-likeness (QED) is 0.689. The van der Waals surface area contributed by atoms with Crippen molar-refractivity contribution < 1.29 is 14.3 Å². The summed E-state index contributed by atoms with van der Waals surface area (Å²) < 4.78 is 5.50. The zero-order valence-corrected chi connectivity index (χ0v) is 17.1. The first kappa shape index (κ1) is 19.7. The van der Waals surface area contributed by atoms with Crippen LogP contribution in [0.4, 0.5) is 11.4 Å². The number of nitrogens with zero attached hydrogens (tertiary/aromatic N) is 1. The van der Waals surface area contributed by atoms with Crippen LogP contribution in [-0.2, 0) is 17.6 Å². The number of carbonyl (C=O) groups excluding carboxylic acids is 2. The van der Waals surface area contributed by atoms with Gasteiger partial charge in [-0.15, -0.1) is 0 Å². The standard InChI is InChI=1S/C25H24N2O3/c1-17(28)27-13-12-19-15-20(8-10-23(19)27)25(29)26-22-9-11-24(30-2)21(16-22)14-18-6-4-3-5-7-18/h3-11,15-16H,12-14H2,1-2H3,(H,26,29). The third-order valence-electron chi connectivity index (χ3n) is 5.39. The SMILES string of the molecule is COc1ccc(NC(=O)c2ccc3c(c2)CCN3C(C)=O)cc1Cc1ccccc1. The van der Waals surface area contributed by atoms with Crippen LogP contribution < -0.4 is 15.0 Å². The van der Waals surface area contributed by atoms with Crippen molar-refractivity contribution in [3.05, 3.63) is 89.0 Å². The molecule has 5 nitrogen and oxygen atoms in total. The van der Waals surface area contributed by atoms with Crippen LogP contribution in [0.15, 0.2) is 66.7 Å². The second-order valence-corrected chi connectivity index (χ2v) is 7.41. The van der Waals surface area contributed by atoms with Crippen LogP contribution in [-0.4, -0.2) is 25.5 Å². The smallest absolute Gasteiger partial charge is 0.255 e. The van der Waals surface area contributed by atoms with Gasteiger partial charge in [0.25, 0.3) is 5.91 Å². The van der Waals surface area contributed by atoms with E-state index in [-0.39, 0.29) is 11.8 Å². The Bertz CT molecular complexity index is 1090. The van der Waals surface area contributed by atoms with Crippen LogP contribution in [0.2, 0.25) is 0 Å². The number of rotatable bonds is 5. The summed E-state index contributed by atoms with van der Waals surface area (Å²) in [6.45, 7) is 2.23. The number of carbonyl (C=O) groups is 2. The zero-order valence-electron chi connectivity index (χ0n) is 17.1. The maximum Gasteiger partial charge on any atom is 0.255 e. The highest BCUT2D eigenvalue weighted by molar-refractivity contribution is 6.05. The van der Waals surface area contributed by atoms with E-state index in [2.05, 4.69) is 17.4 Å². The van der Waals surface area contributed by atoms with Crippen molar-refractivity contribution in [2.24, 2.45) is 0 Å². The Morgan fingerprint density at radius 2 is 1.83 bits per heavy atom. The lowest BCUT2D eigenvalue weighted by molar-refractivity contribution is -0.116. The number of nitrogens with one attached hydrogen (secondary N) is 1. The second-order valence-electron chi connectivity index (χ2n) is 7.41. The largest absolute Gasteiger partial charge is 0.496 e. The van der Waals surface area contributed by atoms with Crippen LogP contribution in [0.25, 0.3) is 0 Å². The fourth-order valence-electron chi connectivity index (χ4n) is 3.88. The first-order valence-corrected chi connectivity index (χ1v) is 9.98. The third kappa shape index (κ3) is 4.06. The summed E-state index contributed by atoms with van der Waals surface area (Å²) in [4.78, 5) is 26.3. The van der Waals surface area contributed by atoms with Gasteiger partial charge >= 0.3 is 0 Å². The third-order valence-corrected chi connectivity index (χ3v) is 5.39. The predicted molar refractivity (Wildman–Crippen MR) is 118 cm³/mol. The summed E-state index contributed by atoms with van der Waals surface area (Å²) >= 11 is 0. The van der Waals surface area contributed by atoms with Gasteiger partial charge in [-0.1, -0.05) is 30.3 Å². The zero-order chi connectivity index (χ0) is 21.1. The molecule has 1 N–H and O–H groups in total. The van der Waals surface area contributed by atoms with Gasteiger partial charge in [0.1, 0.15) is 5.75 Å². The molecule has 2 amide bonds. The van der Waals surface area contributed by atoms with Gasteiger partial charge in [-0.3, -0.25) is 9.59 Å². The Balaban J connectivity index is 1.54. The molecule has 0 unspecified atom stereocenters. The Kier molecular flexibility index (Phi) is 5.53. The van der Waals surface area contributed by atoms with E-state index in [1.807, 2.05) is 48.5 Å². The van der Waals surface area contributed by atoms with Crippen LogP contribution >= 0.6 is 0 Å². The molecule has 1 aliphatic rings. The molecule has 4 rings (SSSR count).